The van der Waals surface area contributed by atoms with Gasteiger partial charge in [-0.2, -0.15) is 5.10 Å². The molecule has 0 radical (unpaired) electrons. The number of halogens is 1. The molecule has 4 rings (SSSR count). The fourth-order valence-electron chi connectivity index (χ4n) is 3.17. The first-order chi connectivity index (χ1) is 11.5. The molecule has 24 heavy (non-hydrogen) atoms. The van der Waals surface area contributed by atoms with Gasteiger partial charge in [0.2, 0.25) is 0 Å². The molecule has 3 heterocycles. The molecule has 0 saturated carbocycles. The number of carbonyl (C=O) groups is 1. The number of nitrogens with zero attached hydrogens (tertiary/aromatic N) is 3. The predicted molar refractivity (Wildman–Crippen MR) is 91.4 cm³/mol. The maximum atomic E-state index is 11.7. The van der Waals surface area contributed by atoms with Crippen LogP contribution in [-0.2, 0) is 17.8 Å². The second-order valence-electron chi connectivity index (χ2n) is 5.97. The van der Waals surface area contributed by atoms with Gasteiger partial charge in [-0.3, -0.25) is 5.10 Å². The van der Waals surface area contributed by atoms with Crippen molar-refractivity contribution in [2.75, 3.05) is 4.90 Å². The van der Waals surface area contributed by atoms with Gasteiger partial charge in [-0.1, -0.05) is 17.7 Å². The average molecular weight is 343 g/mol. The highest BCUT2D eigenvalue weighted by molar-refractivity contribution is 6.32. The summed E-state index contributed by atoms with van der Waals surface area (Å²) in [4.78, 5) is 18.2. The second-order valence-corrected chi connectivity index (χ2v) is 6.38. The third-order valence-electron chi connectivity index (χ3n) is 4.54. The lowest BCUT2D eigenvalue weighted by atomic mass is 9.99. The zero-order valence-electron chi connectivity index (χ0n) is 13.0. The summed E-state index contributed by atoms with van der Waals surface area (Å²) in [6.07, 6.45) is 2.09. The van der Waals surface area contributed by atoms with Crippen molar-refractivity contribution in [1.29, 1.82) is 0 Å². The Labute approximate surface area is 143 Å². The van der Waals surface area contributed by atoms with Crippen molar-refractivity contribution in [3.63, 3.8) is 0 Å². The lowest BCUT2D eigenvalue weighted by molar-refractivity contribution is -0.138. The van der Waals surface area contributed by atoms with Gasteiger partial charge in [0, 0.05) is 16.8 Å². The van der Waals surface area contributed by atoms with E-state index in [1.54, 1.807) is 11.1 Å². The molecule has 3 aromatic rings. The first-order valence-electron chi connectivity index (χ1n) is 7.61. The molecule has 0 fully saturated rings. The van der Waals surface area contributed by atoms with Gasteiger partial charge in [-0.05, 0) is 36.2 Å². The van der Waals surface area contributed by atoms with Gasteiger partial charge in [0.1, 0.15) is 11.9 Å². The zero-order chi connectivity index (χ0) is 16.8. The van der Waals surface area contributed by atoms with Crippen LogP contribution in [-0.4, -0.2) is 32.3 Å². The van der Waals surface area contributed by atoms with Crippen LogP contribution in [0.1, 0.15) is 16.8 Å². The summed E-state index contributed by atoms with van der Waals surface area (Å²) in [5.41, 5.74) is 3.55. The number of aromatic amines is 1. The fourth-order valence-corrected chi connectivity index (χ4v) is 3.32. The molecule has 2 aromatic heterocycles. The Hall–Kier alpha value is -2.60. The number of aromatic nitrogens is 3. The summed E-state index contributed by atoms with van der Waals surface area (Å²) in [6, 6.07) is 6.90. The quantitative estimate of drug-likeness (QED) is 0.748. The molecule has 1 unspecified atom stereocenters. The van der Waals surface area contributed by atoms with Crippen molar-refractivity contribution in [1.82, 2.24) is 15.2 Å². The van der Waals surface area contributed by atoms with Crippen molar-refractivity contribution in [3.05, 3.63) is 52.3 Å². The standard InChI is InChI=1S/C17H15ClN4O2/c1-9-12(18)4-2-10-3-5-15(20-16(9)10)22-8-13-11(7-19-21-13)6-14(22)17(23)24/h2-5,7,14H,6,8H2,1H3,(H,19,21)(H,23,24). The highest BCUT2D eigenvalue weighted by Crippen LogP contribution is 2.30. The van der Waals surface area contributed by atoms with Gasteiger partial charge in [0.15, 0.2) is 0 Å². The zero-order valence-corrected chi connectivity index (χ0v) is 13.7. The summed E-state index contributed by atoms with van der Waals surface area (Å²) >= 11 is 6.20. The molecule has 7 heteroatoms. The van der Waals surface area contributed by atoms with E-state index in [1.807, 2.05) is 31.2 Å². The second kappa shape index (κ2) is 5.49. The van der Waals surface area contributed by atoms with E-state index in [-0.39, 0.29) is 0 Å². The Morgan fingerprint density at radius 3 is 2.96 bits per heavy atom. The molecule has 0 spiro atoms. The minimum atomic E-state index is -0.869. The van der Waals surface area contributed by atoms with Crippen molar-refractivity contribution < 1.29 is 9.90 Å². The number of hydrogen-bond acceptors (Lipinski definition) is 4. The Kier molecular flexibility index (Phi) is 3.42. The van der Waals surface area contributed by atoms with Crippen LogP contribution < -0.4 is 4.90 Å². The lowest BCUT2D eigenvalue weighted by Crippen LogP contribution is -2.46. The summed E-state index contributed by atoms with van der Waals surface area (Å²) < 4.78 is 0. The van der Waals surface area contributed by atoms with E-state index < -0.39 is 12.0 Å². The van der Waals surface area contributed by atoms with Gasteiger partial charge < -0.3 is 10.0 Å². The number of nitrogens with one attached hydrogen (secondary N) is 1. The van der Waals surface area contributed by atoms with Crippen LogP contribution in [0.25, 0.3) is 10.9 Å². The topological polar surface area (TPSA) is 82.1 Å². The van der Waals surface area contributed by atoms with Crippen LogP contribution in [0.2, 0.25) is 5.02 Å². The van der Waals surface area contributed by atoms with Crippen LogP contribution in [0.3, 0.4) is 0 Å². The van der Waals surface area contributed by atoms with E-state index in [9.17, 15) is 9.90 Å². The van der Waals surface area contributed by atoms with E-state index in [4.69, 9.17) is 16.6 Å². The molecule has 1 aliphatic rings. The van der Waals surface area contributed by atoms with Crippen LogP contribution in [0.5, 0.6) is 0 Å². The van der Waals surface area contributed by atoms with E-state index in [1.165, 1.54) is 0 Å². The SMILES string of the molecule is Cc1c(Cl)ccc2ccc(N3Cc4[nH]ncc4CC3C(=O)O)nc12. The Morgan fingerprint density at radius 1 is 1.38 bits per heavy atom. The number of aliphatic carboxylic acids is 1. The number of rotatable bonds is 2. The normalized spacial score (nSPS) is 17.1. The molecule has 1 aromatic carbocycles. The Balaban J connectivity index is 1.83. The number of benzene rings is 1. The van der Waals surface area contributed by atoms with E-state index in [0.29, 0.717) is 23.8 Å². The monoisotopic (exact) mass is 342 g/mol. The highest BCUT2D eigenvalue weighted by Gasteiger charge is 2.33. The molecular formula is C17H15ClN4O2. The summed E-state index contributed by atoms with van der Waals surface area (Å²) in [7, 11) is 0. The van der Waals surface area contributed by atoms with E-state index in [0.717, 1.165) is 27.7 Å². The molecule has 0 amide bonds. The maximum Gasteiger partial charge on any atom is 0.326 e. The third-order valence-corrected chi connectivity index (χ3v) is 4.95. The minimum absolute atomic E-state index is 0.398. The number of hydrogen-bond donors (Lipinski definition) is 2. The van der Waals surface area contributed by atoms with Crippen LogP contribution in [0, 0.1) is 6.92 Å². The van der Waals surface area contributed by atoms with Crippen molar-refractivity contribution >= 4 is 34.3 Å². The molecule has 0 saturated heterocycles. The smallest absolute Gasteiger partial charge is 0.326 e. The molecule has 1 aliphatic heterocycles. The largest absolute Gasteiger partial charge is 0.480 e. The fraction of sp³-hybridized carbons (Fsp3) is 0.235. The molecule has 1 atom stereocenters. The van der Waals surface area contributed by atoms with Crippen LogP contribution >= 0.6 is 11.6 Å². The number of pyridine rings is 1. The summed E-state index contributed by atoms with van der Waals surface area (Å²) in [6.45, 7) is 2.35. The average Bonchev–Trinajstić information content (AvgIpc) is 3.04. The van der Waals surface area contributed by atoms with Gasteiger partial charge >= 0.3 is 5.97 Å². The number of H-pyrrole nitrogens is 1. The Bertz CT molecular complexity index is 953. The molecule has 0 bridgehead atoms. The van der Waals surface area contributed by atoms with Crippen molar-refractivity contribution in [2.24, 2.45) is 0 Å². The molecule has 6 nitrogen and oxygen atoms in total. The van der Waals surface area contributed by atoms with Crippen molar-refractivity contribution in [3.8, 4) is 0 Å². The number of anilines is 1. The predicted octanol–water partition coefficient (Wildman–Crippen LogP) is 2.94. The molecule has 2 N–H and O–H groups in total. The first-order valence-corrected chi connectivity index (χ1v) is 7.99. The maximum absolute atomic E-state index is 11.7. The number of carboxylic acids is 1. The first kappa shape index (κ1) is 15.0. The third kappa shape index (κ3) is 2.30. The van der Waals surface area contributed by atoms with Gasteiger partial charge in [-0.15, -0.1) is 0 Å². The number of carboxylic acid groups (broad SMARTS) is 1. The van der Waals surface area contributed by atoms with Gasteiger partial charge in [0.25, 0.3) is 0 Å². The van der Waals surface area contributed by atoms with Crippen LogP contribution in [0.15, 0.2) is 30.5 Å². The van der Waals surface area contributed by atoms with Gasteiger partial charge in [0.05, 0.1) is 24.0 Å². The summed E-state index contributed by atoms with van der Waals surface area (Å²) in [5.74, 6) is -0.243. The molecule has 0 aliphatic carbocycles. The lowest BCUT2D eigenvalue weighted by Gasteiger charge is -2.33. The van der Waals surface area contributed by atoms with E-state index >= 15 is 0 Å². The number of aryl methyl sites for hydroxylation is 1. The van der Waals surface area contributed by atoms with Gasteiger partial charge in [-0.25, -0.2) is 9.78 Å². The highest BCUT2D eigenvalue weighted by atomic mass is 35.5. The van der Waals surface area contributed by atoms with Crippen molar-refractivity contribution in [2.45, 2.75) is 25.9 Å². The molecular weight excluding hydrogens is 328 g/mol. The number of fused-ring (bicyclic) bond motifs is 2. The summed E-state index contributed by atoms with van der Waals surface area (Å²) in [5, 5.41) is 18.2. The molecule has 122 valence electrons. The Morgan fingerprint density at radius 2 is 2.17 bits per heavy atom. The van der Waals surface area contributed by atoms with E-state index in [2.05, 4.69) is 10.2 Å². The van der Waals surface area contributed by atoms with Crippen LogP contribution in [0.4, 0.5) is 5.82 Å². The minimum Gasteiger partial charge on any atom is -0.480 e.